The fraction of sp³-hybridized carbons (Fsp3) is 0.300. The second kappa shape index (κ2) is 12.1. The minimum absolute atomic E-state index is 0.000729. The monoisotopic (exact) mass is 729 g/mol. The maximum atomic E-state index is 14.4. The van der Waals surface area contributed by atoms with Crippen LogP contribution in [0.4, 0.5) is 32.3 Å². The van der Waals surface area contributed by atoms with E-state index in [1.807, 2.05) is 0 Å². The van der Waals surface area contributed by atoms with Crippen molar-refractivity contribution in [1.82, 2.24) is 19.1 Å². The van der Waals surface area contributed by atoms with Crippen LogP contribution in [0.25, 0.3) is 33.3 Å². The van der Waals surface area contributed by atoms with Gasteiger partial charge in [-0.1, -0.05) is 35.5 Å². The second-order valence-corrected chi connectivity index (χ2v) is 14.6. The Morgan fingerprint density at radius 2 is 1.69 bits per heavy atom. The number of alkyl halides is 6. The van der Waals surface area contributed by atoms with Gasteiger partial charge in [0.15, 0.2) is 0 Å². The van der Waals surface area contributed by atoms with Gasteiger partial charge in [-0.15, -0.1) is 0 Å². The van der Waals surface area contributed by atoms with Crippen LogP contribution in [-0.2, 0) is 30.5 Å². The quantitative estimate of drug-likeness (QED) is 0.103. The van der Waals surface area contributed by atoms with Gasteiger partial charge in [0.2, 0.25) is 5.95 Å². The van der Waals surface area contributed by atoms with Gasteiger partial charge in [0.05, 0.1) is 33.9 Å². The van der Waals surface area contributed by atoms with Crippen LogP contribution in [0.3, 0.4) is 0 Å². The van der Waals surface area contributed by atoms with E-state index in [9.17, 15) is 43.2 Å². The molecule has 2 aromatic carbocycles. The highest BCUT2D eigenvalue weighted by molar-refractivity contribution is 7.90. The predicted molar refractivity (Wildman–Crippen MR) is 163 cm³/mol. The maximum absolute atomic E-state index is 14.4. The zero-order valence-electron chi connectivity index (χ0n) is 25.4. The fourth-order valence-electron chi connectivity index (χ4n) is 5.80. The molecule has 0 saturated heterocycles. The number of rotatable bonds is 8. The van der Waals surface area contributed by atoms with Gasteiger partial charge < -0.3 is 9.84 Å². The number of benzene rings is 2. The van der Waals surface area contributed by atoms with Crippen molar-refractivity contribution in [3.63, 3.8) is 0 Å². The summed E-state index contributed by atoms with van der Waals surface area (Å²) in [6, 6.07) is 10.6. The Balaban J connectivity index is 1.51. The Morgan fingerprint density at radius 3 is 2.33 bits per heavy atom. The third-order valence-corrected chi connectivity index (χ3v) is 10.8. The van der Waals surface area contributed by atoms with Crippen LogP contribution < -0.4 is 5.32 Å². The van der Waals surface area contributed by atoms with Gasteiger partial charge in [0.25, 0.3) is 10.0 Å². The van der Waals surface area contributed by atoms with Crippen LogP contribution >= 0.6 is 0 Å². The number of halogens is 6. The van der Waals surface area contributed by atoms with Crippen molar-refractivity contribution in [2.45, 2.75) is 61.8 Å². The van der Waals surface area contributed by atoms with Crippen molar-refractivity contribution in [3.8, 4) is 22.4 Å². The molecule has 1 aliphatic rings. The lowest BCUT2D eigenvalue weighted by atomic mass is 10.0. The van der Waals surface area contributed by atoms with Crippen LogP contribution in [0.1, 0.15) is 36.3 Å². The summed E-state index contributed by atoms with van der Waals surface area (Å²) in [6.45, 7) is 3.32. The van der Waals surface area contributed by atoms with Gasteiger partial charge in [-0.25, -0.2) is 22.4 Å². The van der Waals surface area contributed by atoms with Crippen molar-refractivity contribution in [2.24, 2.45) is 0 Å². The topological polar surface area (TPSA) is 146 Å². The molecule has 0 unspecified atom stereocenters. The zero-order valence-corrected chi connectivity index (χ0v) is 27.0. The number of hydrogen-bond acceptors (Lipinski definition) is 10. The maximum Gasteiger partial charge on any atom is 0.523 e. The van der Waals surface area contributed by atoms with E-state index in [1.165, 1.54) is 36.4 Å². The molecule has 2 atom stereocenters. The molecule has 260 valence electrons. The minimum Gasteiger partial charge on any atom is -0.361 e. The number of nitrogens with one attached hydrogen (secondary N) is 1. The Morgan fingerprint density at radius 1 is 0.980 bits per heavy atom. The summed E-state index contributed by atoms with van der Waals surface area (Å²) >= 11 is 0. The molecule has 0 spiro atoms. The van der Waals surface area contributed by atoms with E-state index in [2.05, 4.69) is 24.6 Å². The molecular formula is C30H25F6N5O6S2. The van der Waals surface area contributed by atoms with E-state index in [1.54, 1.807) is 26.0 Å². The molecule has 0 radical (unpaired) electrons. The molecular weight excluding hydrogens is 704 g/mol. The lowest BCUT2D eigenvalue weighted by molar-refractivity contribution is -0.137. The smallest absolute Gasteiger partial charge is 0.361 e. The van der Waals surface area contributed by atoms with Crippen LogP contribution in [0.5, 0.6) is 0 Å². The Labute approximate surface area is 275 Å². The summed E-state index contributed by atoms with van der Waals surface area (Å²) < 4.78 is 144. The number of aromatic nitrogens is 4. The molecule has 0 aliphatic heterocycles. The molecule has 49 heavy (non-hydrogen) atoms. The summed E-state index contributed by atoms with van der Waals surface area (Å²) in [6.07, 6.45) is -4.85. The van der Waals surface area contributed by atoms with Gasteiger partial charge in [0, 0.05) is 28.9 Å². The van der Waals surface area contributed by atoms with Crippen molar-refractivity contribution >= 4 is 37.0 Å². The highest BCUT2D eigenvalue weighted by Crippen LogP contribution is 2.42. The lowest BCUT2D eigenvalue weighted by Crippen LogP contribution is -2.37. The molecule has 0 amide bonds. The Kier molecular flexibility index (Phi) is 8.51. The third-order valence-electron chi connectivity index (χ3n) is 8.04. The molecule has 5 aromatic rings. The van der Waals surface area contributed by atoms with Crippen LogP contribution in [-0.4, -0.2) is 53.6 Å². The lowest BCUT2D eigenvalue weighted by Gasteiger charge is -2.22. The van der Waals surface area contributed by atoms with Gasteiger partial charge in [-0.3, -0.25) is 4.18 Å². The van der Waals surface area contributed by atoms with Crippen LogP contribution in [0, 0.1) is 13.8 Å². The zero-order chi connectivity index (χ0) is 35.5. The summed E-state index contributed by atoms with van der Waals surface area (Å²) in [5.41, 5.74) is -6.49. The van der Waals surface area contributed by atoms with Crippen molar-refractivity contribution in [3.05, 3.63) is 77.9 Å². The van der Waals surface area contributed by atoms with E-state index in [0.29, 0.717) is 28.8 Å². The van der Waals surface area contributed by atoms with Gasteiger partial charge in [-0.2, -0.15) is 34.8 Å². The normalized spacial score (nSPS) is 17.6. The van der Waals surface area contributed by atoms with Crippen LogP contribution in [0.15, 0.2) is 70.3 Å². The van der Waals surface area contributed by atoms with E-state index in [4.69, 9.17) is 4.52 Å². The largest absolute Gasteiger partial charge is 0.523 e. The molecule has 1 N–H and O–H groups in total. The molecule has 0 bridgehead atoms. The first-order valence-corrected chi connectivity index (χ1v) is 17.3. The van der Waals surface area contributed by atoms with E-state index < -0.39 is 61.2 Å². The molecule has 11 nitrogen and oxygen atoms in total. The first-order chi connectivity index (χ1) is 22.9. The summed E-state index contributed by atoms with van der Waals surface area (Å²) in [7, 11) is -10.4. The first-order valence-electron chi connectivity index (χ1n) is 14.5. The molecule has 3 aromatic heterocycles. The first kappa shape index (κ1) is 34.4. The molecule has 1 fully saturated rings. The number of fused-ring (bicyclic) bond motifs is 1. The van der Waals surface area contributed by atoms with Crippen molar-refractivity contribution < 1.29 is 51.9 Å². The molecule has 19 heteroatoms. The molecule has 6 rings (SSSR count). The Bertz CT molecular complexity index is 2250. The van der Waals surface area contributed by atoms with Gasteiger partial charge in [0.1, 0.15) is 11.3 Å². The van der Waals surface area contributed by atoms with Crippen molar-refractivity contribution in [1.29, 1.82) is 0 Å². The second-order valence-electron chi connectivity index (χ2n) is 11.3. The highest BCUT2D eigenvalue weighted by Gasteiger charge is 2.50. The fourth-order valence-corrected chi connectivity index (χ4v) is 7.84. The number of anilines is 1. The van der Waals surface area contributed by atoms with Gasteiger partial charge in [-0.05, 0) is 56.9 Å². The number of aryl methyl sites for hydroxylation is 2. The third kappa shape index (κ3) is 6.37. The number of nitrogens with zero attached hydrogens (tertiary/aromatic N) is 4. The molecule has 1 aliphatic carbocycles. The summed E-state index contributed by atoms with van der Waals surface area (Å²) in [5, 5.41) is 6.60. The SMILES string of the molecule is Cc1noc(C)c1-c1ccc2c(-c3nc(N[C@H]4CCC[C@H]4OS(=O)(=O)C(F)(F)F)ncc3C(F)(F)F)cn(S(=O)(=O)c3ccccc3)c2c1. The molecule has 3 heterocycles. The van der Waals surface area contributed by atoms with Crippen LogP contribution in [0.2, 0.25) is 0 Å². The van der Waals surface area contributed by atoms with Gasteiger partial charge >= 0.3 is 21.8 Å². The average molecular weight is 730 g/mol. The molecule has 1 saturated carbocycles. The minimum atomic E-state index is -5.97. The van der Waals surface area contributed by atoms with Crippen molar-refractivity contribution in [2.75, 3.05) is 5.32 Å². The van der Waals surface area contributed by atoms with E-state index >= 15 is 0 Å². The predicted octanol–water partition coefficient (Wildman–Crippen LogP) is 6.83. The number of hydrogen-bond donors (Lipinski definition) is 1. The average Bonchev–Trinajstić information content (AvgIpc) is 3.72. The van der Waals surface area contributed by atoms with E-state index in [0.717, 1.165) is 10.2 Å². The standard InChI is InChI=1S/C30H25F6N5O6S2/c1-16-26(17(2)46-40-16)18-11-12-20-21(15-41(24(20)13-18)48(42,43)19-7-4-3-5-8-19)27-22(29(31,32)33)14-37-28(39-27)38-23-9-6-10-25(23)47-49(44,45)30(34,35)36/h3-5,7-8,11-15,23,25H,6,9-10H2,1-2H3,(H,37,38,39)/t23-,25+/m0/s1. The van der Waals surface area contributed by atoms with E-state index in [-0.39, 0.29) is 40.6 Å². The summed E-state index contributed by atoms with van der Waals surface area (Å²) in [4.78, 5) is 7.63. The Hall–Kier alpha value is -4.49. The highest BCUT2D eigenvalue weighted by atomic mass is 32.2. The summed E-state index contributed by atoms with van der Waals surface area (Å²) in [5.74, 6) is -0.0590.